The molecule has 1 saturated heterocycles. The zero-order valence-electron chi connectivity index (χ0n) is 12.3. The predicted molar refractivity (Wildman–Crippen MR) is 75.6 cm³/mol. The van der Waals surface area contributed by atoms with Crippen molar-refractivity contribution in [3.63, 3.8) is 0 Å². The highest BCUT2D eigenvalue weighted by Crippen LogP contribution is 2.22. The van der Waals surface area contributed by atoms with Crippen LogP contribution < -0.4 is 5.32 Å². The number of para-hydroxylation sites is 1. The van der Waals surface area contributed by atoms with Crippen LogP contribution in [0.4, 0.5) is 13.2 Å². The lowest BCUT2D eigenvalue weighted by Gasteiger charge is -2.24. The van der Waals surface area contributed by atoms with Gasteiger partial charge in [0.2, 0.25) is 11.8 Å². The molecular weight excluding hydrogens is 313 g/mol. The summed E-state index contributed by atoms with van der Waals surface area (Å²) in [5.41, 5.74) is 0.416. The van der Waals surface area contributed by atoms with Gasteiger partial charge in [-0.1, -0.05) is 18.2 Å². The molecule has 5 nitrogen and oxygen atoms in total. The topological polar surface area (TPSA) is 69.6 Å². The van der Waals surface area contributed by atoms with Crippen molar-refractivity contribution in [3.05, 3.63) is 29.8 Å². The van der Waals surface area contributed by atoms with E-state index in [9.17, 15) is 27.9 Å². The van der Waals surface area contributed by atoms with Crippen molar-refractivity contribution in [2.45, 2.75) is 31.5 Å². The number of aromatic hydroxyl groups is 1. The summed E-state index contributed by atoms with van der Waals surface area (Å²) < 4.78 is 36.5. The summed E-state index contributed by atoms with van der Waals surface area (Å²) in [6, 6.07) is 5.42. The Balaban J connectivity index is 1.99. The van der Waals surface area contributed by atoms with E-state index in [0.29, 0.717) is 24.9 Å². The number of nitrogens with zero attached hydrogens (tertiary/aromatic N) is 1. The van der Waals surface area contributed by atoms with Gasteiger partial charge in [-0.25, -0.2) is 0 Å². The Labute approximate surface area is 131 Å². The number of amides is 2. The molecule has 8 heteroatoms. The van der Waals surface area contributed by atoms with Crippen LogP contribution in [0.2, 0.25) is 0 Å². The first-order chi connectivity index (χ1) is 10.8. The molecule has 1 fully saturated rings. The third-order valence-electron chi connectivity index (χ3n) is 3.67. The molecule has 1 aromatic carbocycles. The van der Waals surface area contributed by atoms with Gasteiger partial charge in [-0.2, -0.15) is 13.2 Å². The maximum Gasteiger partial charge on any atom is 0.405 e. The van der Waals surface area contributed by atoms with Gasteiger partial charge < -0.3 is 15.3 Å². The second-order valence-electron chi connectivity index (χ2n) is 5.38. The quantitative estimate of drug-likeness (QED) is 0.881. The average molecular weight is 330 g/mol. The molecule has 126 valence electrons. The lowest BCUT2D eigenvalue weighted by atomic mass is 10.1. The molecule has 1 aliphatic rings. The molecule has 0 radical (unpaired) electrons. The molecule has 0 saturated carbocycles. The van der Waals surface area contributed by atoms with E-state index in [1.807, 2.05) is 5.32 Å². The molecule has 2 amide bonds. The van der Waals surface area contributed by atoms with E-state index in [1.165, 1.54) is 11.0 Å². The number of halogens is 3. The molecule has 23 heavy (non-hydrogen) atoms. The summed E-state index contributed by atoms with van der Waals surface area (Å²) in [4.78, 5) is 25.4. The van der Waals surface area contributed by atoms with Crippen LogP contribution >= 0.6 is 0 Å². The minimum atomic E-state index is -4.49. The fourth-order valence-corrected chi connectivity index (χ4v) is 2.57. The Bertz CT molecular complexity index is 590. The van der Waals surface area contributed by atoms with E-state index in [-0.39, 0.29) is 12.2 Å². The van der Waals surface area contributed by atoms with Gasteiger partial charge in [0, 0.05) is 12.1 Å². The molecule has 1 aromatic rings. The molecule has 2 rings (SSSR count). The number of rotatable bonds is 4. The number of phenolic OH excluding ortho intramolecular Hbond substituents is 1. The first kappa shape index (κ1) is 17.1. The van der Waals surface area contributed by atoms with Gasteiger partial charge in [0.25, 0.3) is 0 Å². The molecular formula is C15H17F3N2O3. The lowest BCUT2D eigenvalue weighted by Crippen LogP contribution is -2.48. The van der Waals surface area contributed by atoms with Crippen molar-refractivity contribution in [3.8, 4) is 5.75 Å². The molecule has 2 N–H and O–H groups in total. The summed E-state index contributed by atoms with van der Waals surface area (Å²) >= 11 is 0. The van der Waals surface area contributed by atoms with Crippen LogP contribution in [0.5, 0.6) is 5.75 Å². The van der Waals surface area contributed by atoms with Gasteiger partial charge in [-0.3, -0.25) is 9.59 Å². The predicted octanol–water partition coefficient (Wildman–Crippen LogP) is 1.60. The summed E-state index contributed by atoms with van der Waals surface area (Å²) in [6.45, 7) is -1.10. The van der Waals surface area contributed by atoms with Gasteiger partial charge in [0.05, 0.1) is 6.42 Å². The molecule has 0 unspecified atom stereocenters. The van der Waals surface area contributed by atoms with E-state index < -0.39 is 30.6 Å². The van der Waals surface area contributed by atoms with Crippen LogP contribution in [0, 0.1) is 0 Å². The molecule has 0 spiro atoms. The number of likely N-dealkylation sites (tertiary alicyclic amines) is 1. The number of hydrogen-bond acceptors (Lipinski definition) is 3. The van der Waals surface area contributed by atoms with Gasteiger partial charge in [-0.05, 0) is 18.9 Å². The van der Waals surface area contributed by atoms with Crippen LogP contribution in [0.15, 0.2) is 24.3 Å². The van der Waals surface area contributed by atoms with E-state index >= 15 is 0 Å². The lowest BCUT2D eigenvalue weighted by molar-refractivity contribution is -0.144. The normalized spacial score (nSPS) is 18.0. The zero-order valence-corrected chi connectivity index (χ0v) is 12.3. The molecule has 0 aliphatic carbocycles. The van der Waals surface area contributed by atoms with Crippen molar-refractivity contribution < 1.29 is 27.9 Å². The Morgan fingerprint density at radius 1 is 1.30 bits per heavy atom. The third-order valence-corrected chi connectivity index (χ3v) is 3.67. The average Bonchev–Trinajstić information content (AvgIpc) is 2.96. The van der Waals surface area contributed by atoms with Crippen molar-refractivity contribution in [1.82, 2.24) is 10.2 Å². The number of nitrogens with one attached hydrogen (secondary N) is 1. The Morgan fingerprint density at radius 3 is 2.65 bits per heavy atom. The largest absolute Gasteiger partial charge is 0.508 e. The van der Waals surface area contributed by atoms with Gasteiger partial charge in [-0.15, -0.1) is 0 Å². The maximum absolute atomic E-state index is 12.3. The number of carbonyl (C=O) groups is 2. The molecule has 1 heterocycles. The molecule has 1 atom stereocenters. The van der Waals surface area contributed by atoms with E-state index in [1.54, 1.807) is 18.2 Å². The highest BCUT2D eigenvalue weighted by Gasteiger charge is 2.36. The van der Waals surface area contributed by atoms with Crippen LogP contribution in [0.25, 0.3) is 0 Å². The van der Waals surface area contributed by atoms with Crippen molar-refractivity contribution in [1.29, 1.82) is 0 Å². The number of carbonyl (C=O) groups excluding carboxylic acids is 2. The summed E-state index contributed by atoms with van der Waals surface area (Å²) in [6.07, 6.45) is -3.71. The Kier molecular flexibility index (Phi) is 5.12. The molecule has 1 aliphatic heterocycles. The van der Waals surface area contributed by atoms with Gasteiger partial charge in [0.1, 0.15) is 18.3 Å². The molecule has 0 aromatic heterocycles. The third kappa shape index (κ3) is 4.61. The first-order valence-corrected chi connectivity index (χ1v) is 7.19. The summed E-state index contributed by atoms with van der Waals surface area (Å²) in [5, 5.41) is 11.5. The van der Waals surface area contributed by atoms with Gasteiger partial charge >= 0.3 is 6.18 Å². The number of benzene rings is 1. The summed E-state index contributed by atoms with van der Waals surface area (Å²) in [7, 11) is 0. The minimum absolute atomic E-state index is 0.0295. The van der Waals surface area contributed by atoms with E-state index in [4.69, 9.17) is 0 Å². The van der Waals surface area contributed by atoms with Crippen molar-refractivity contribution in [2.75, 3.05) is 13.1 Å². The second kappa shape index (κ2) is 6.89. The first-order valence-electron chi connectivity index (χ1n) is 7.19. The highest BCUT2D eigenvalue weighted by atomic mass is 19.4. The molecule has 0 bridgehead atoms. The van der Waals surface area contributed by atoms with Gasteiger partial charge in [0.15, 0.2) is 0 Å². The van der Waals surface area contributed by atoms with Crippen molar-refractivity contribution >= 4 is 11.8 Å². The fraction of sp³-hybridized carbons (Fsp3) is 0.467. The van der Waals surface area contributed by atoms with Crippen LogP contribution in [0.1, 0.15) is 18.4 Å². The van der Waals surface area contributed by atoms with E-state index in [0.717, 1.165) is 0 Å². The number of phenols is 1. The maximum atomic E-state index is 12.3. The standard InChI is InChI=1S/C15H17F3N2O3/c16-15(17,18)9-19-14(23)11-5-3-7-20(11)13(22)8-10-4-1-2-6-12(10)21/h1-2,4,6,11,21H,3,5,7-9H2,(H,19,23)/t11-/m1/s1. The SMILES string of the molecule is O=C(NCC(F)(F)F)[C@H]1CCCN1C(=O)Cc1ccccc1O. The monoisotopic (exact) mass is 330 g/mol. The Morgan fingerprint density at radius 2 is 2.00 bits per heavy atom. The van der Waals surface area contributed by atoms with Crippen molar-refractivity contribution in [2.24, 2.45) is 0 Å². The fourth-order valence-electron chi connectivity index (χ4n) is 2.57. The Hall–Kier alpha value is -2.25. The van der Waals surface area contributed by atoms with E-state index in [2.05, 4.69) is 0 Å². The zero-order chi connectivity index (χ0) is 17.0. The van der Waals surface area contributed by atoms with Crippen LogP contribution in [-0.2, 0) is 16.0 Å². The second-order valence-corrected chi connectivity index (χ2v) is 5.38. The summed E-state index contributed by atoms with van der Waals surface area (Å²) in [5.74, 6) is -1.22. The van der Waals surface area contributed by atoms with Crippen LogP contribution in [0.3, 0.4) is 0 Å². The number of hydrogen-bond donors (Lipinski definition) is 2. The van der Waals surface area contributed by atoms with Crippen LogP contribution in [-0.4, -0.2) is 47.1 Å². The minimum Gasteiger partial charge on any atom is -0.508 e. The highest BCUT2D eigenvalue weighted by molar-refractivity contribution is 5.89. The number of alkyl halides is 3. The smallest absolute Gasteiger partial charge is 0.405 e.